The Balaban J connectivity index is 1.93. The van der Waals surface area contributed by atoms with E-state index in [4.69, 9.17) is 11.6 Å². The van der Waals surface area contributed by atoms with E-state index in [0.717, 1.165) is 17.5 Å². The average Bonchev–Trinajstić information content (AvgIpc) is 2.65. The molecule has 146 valence electrons. The summed E-state index contributed by atoms with van der Waals surface area (Å²) in [5.41, 5.74) is 2.47. The van der Waals surface area contributed by atoms with Crippen LogP contribution in [0.1, 0.15) is 36.1 Å². The van der Waals surface area contributed by atoms with Gasteiger partial charge in [-0.3, -0.25) is 0 Å². The van der Waals surface area contributed by atoms with Crippen molar-refractivity contribution in [1.82, 2.24) is 15.4 Å². The van der Waals surface area contributed by atoms with Gasteiger partial charge in [-0.2, -0.15) is 0 Å². The molecule has 0 spiro atoms. The highest BCUT2D eigenvalue weighted by Crippen LogP contribution is 2.19. The van der Waals surface area contributed by atoms with Gasteiger partial charge < -0.3 is 10.6 Å². The molecule has 0 saturated carbocycles. The molecule has 2 aromatic carbocycles. The Kier molecular flexibility index (Phi) is 7.65. The first kappa shape index (κ1) is 21.2. The molecule has 1 unspecified atom stereocenters. The lowest BCUT2D eigenvalue weighted by molar-refractivity contribution is 0.236. The van der Waals surface area contributed by atoms with Crippen molar-refractivity contribution in [2.24, 2.45) is 0 Å². The molecular weight excluding hydrogens is 386 g/mol. The van der Waals surface area contributed by atoms with Crippen LogP contribution >= 0.6 is 11.6 Å². The molecule has 0 aromatic heterocycles. The molecule has 3 N–H and O–H groups in total. The lowest BCUT2D eigenvalue weighted by Gasteiger charge is -2.18. The number of sulfonamides is 1. The first-order valence-corrected chi connectivity index (χ1v) is 10.6. The minimum Gasteiger partial charge on any atom is -0.334 e. The molecule has 1 atom stereocenters. The molecule has 0 aliphatic heterocycles. The molecule has 2 amide bonds. The molecule has 0 aliphatic rings. The zero-order chi connectivity index (χ0) is 19.9. The van der Waals surface area contributed by atoms with Gasteiger partial charge in [0.1, 0.15) is 0 Å². The zero-order valence-electron chi connectivity index (χ0n) is 15.3. The highest BCUT2D eigenvalue weighted by atomic mass is 35.5. The van der Waals surface area contributed by atoms with E-state index in [9.17, 15) is 13.2 Å². The Morgan fingerprint density at radius 2 is 1.78 bits per heavy atom. The summed E-state index contributed by atoms with van der Waals surface area (Å²) in [7, 11) is -1.95. The number of carbonyl (C=O) groups is 1. The van der Waals surface area contributed by atoms with Crippen molar-refractivity contribution in [1.29, 1.82) is 0 Å². The van der Waals surface area contributed by atoms with Gasteiger partial charge in [-0.15, -0.1) is 0 Å². The van der Waals surface area contributed by atoms with Gasteiger partial charge >= 0.3 is 6.03 Å². The van der Waals surface area contributed by atoms with E-state index in [1.54, 1.807) is 30.3 Å². The highest BCUT2D eigenvalue weighted by molar-refractivity contribution is 7.88. The second-order valence-corrected chi connectivity index (χ2v) is 8.49. The normalized spacial score (nSPS) is 12.4. The number of hydrogen-bond donors (Lipinski definition) is 3. The van der Waals surface area contributed by atoms with Crippen molar-refractivity contribution in [2.75, 3.05) is 7.05 Å². The third-order valence-electron chi connectivity index (χ3n) is 4.10. The fraction of sp³-hybridized carbons (Fsp3) is 0.316. The summed E-state index contributed by atoms with van der Waals surface area (Å²) >= 11 is 5.90. The van der Waals surface area contributed by atoms with Crippen molar-refractivity contribution in [3.05, 3.63) is 70.2 Å². The second-order valence-electron chi connectivity index (χ2n) is 6.12. The molecular formula is C19H24ClN3O3S. The highest BCUT2D eigenvalue weighted by Gasteiger charge is 2.13. The average molecular weight is 410 g/mol. The molecule has 0 heterocycles. The molecule has 2 rings (SSSR count). The van der Waals surface area contributed by atoms with Gasteiger partial charge in [0.25, 0.3) is 0 Å². The summed E-state index contributed by atoms with van der Waals surface area (Å²) in [6, 6.07) is 14.1. The van der Waals surface area contributed by atoms with Crippen LogP contribution in [0, 0.1) is 0 Å². The standard InChI is InChI=1S/C19H24ClN3O3S/c1-3-18(16-7-9-17(20)10-8-16)23-19(24)22-12-14-5-4-6-15(11-14)13-27(25,26)21-2/h4-11,18,21H,3,12-13H2,1-2H3,(H2,22,23,24). The lowest BCUT2D eigenvalue weighted by Crippen LogP contribution is -2.37. The Labute approximate surface area is 165 Å². The molecule has 8 heteroatoms. The monoisotopic (exact) mass is 409 g/mol. The van der Waals surface area contributed by atoms with E-state index in [-0.39, 0.29) is 17.8 Å². The van der Waals surface area contributed by atoms with Gasteiger partial charge in [0.2, 0.25) is 10.0 Å². The SMILES string of the molecule is CCC(NC(=O)NCc1cccc(CS(=O)(=O)NC)c1)c1ccc(Cl)cc1. The summed E-state index contributed by atoms with van der Waals surface area (Å²) in [4.78, 5) is 12.2. The van der Waals surface area contributed by atoms with Crippen LogP contribution in [0.25, 0.3) is 0 Å². The first-order chi connectivity index (χ1) is 12.8. The molecule has 6 nitrogen and oxygen atoms in total. The van der Waals surface area contributed by atoms with Crippen LogP contribution in [0.3, 0.4) is 0 Å². The molecule has 0 bridgehead atoms. The molecule has 2 aromatic rings. The van der Waals surface area contributed by atoms with Crippen molar-refractivity contribution >= 4 is 27.7 Å². The summed E-state index contributed by atoms with van der Waals surface area (Å²) in [5, 5.41) is 6.39. The van der Waals surface area contributed by atoms with E-state index in [0.29, 0.717) is 17.1 Å². The van der Waals surface area contributed by atoms with Crippen LogP contribution in [0.15, 0.2) is 48.5 Å². The van der Waals surface area contributed by atoms with Crippen molar-refractivity contribution in [3.8, 4) is 0 Å². The van der Waals surface area contributed by atoms with E-state index in [2.05, 4.69) is 15.4 Å². The Hall–Kier alpha value is -2.09. The molecule has 27 heavy (non-hydrogen) atoms. The minimum atomic E-state index is -3.33. The summed E-state index contributed by atoms with van der Waals surface area (Å²) in [6.07, 6.45) is 0.742. The van der Waals surface area contributed by atoms with Gasteiger partial charge in [-0.25, -0.2) is 17.9 Å². The molecule has 0 radical (unpaired) electrons. The van der Waals surface area contributed by atoms with Gasteiger partial charge in [0.15, 0.2) is 0 Å². The maximum atomic E-state index is 12.2. The van der Waals surface area contributed by atoms with Crippen LogP contribution in [0.5, 0.6) is 0 Å². The Morgan fingerprint density at radius 1 is 1.11 bits per heavy atom. The number of carbonyl (C=O) groups excluding carboxylic acids is 1. The molecule has 0 fully saturated rings. The predicted octanol–water partition coefficient (Wildman–Crippen LogP) is 3.34. The van der Waals surface area contributed by atoms with E-state index in [1.807, 2.05) is 25.1 Å². The first-order valence-electron chi connectivity index (χ1n) is 8.62. The maximum absolute atomic E-state index is 12.2. The van der Waals surface area contributed by atoms with Crippen molar-refractivity contribution in [2.45, 2.75) is 31.7 Å². The number of halogens is 1. The zero-order valence-corrected chi connectivity index (χ0v) is 16.9. The third-order valence-corrected chi connectivity index (χ3v) is 5.69. The maximum Gasteiger partial charge on any atom is 0.315 e. The number of amides is 2. The number of hydrogen-bond acceptors (Lipinski definition) is 3. The van der Waals surface area contributed by atoms with E-state index in [1.165, 1.54) is 7.05 Å². The van der Waals surface area contributed by atoms with E-state index >= 15 is 0 Å². The smallest absolute Gasteiger partial charge is 0.315 e. The number of urea groups is 1. The number of benzene rings is 2. The van der Waals surface area contributed by atoms with Gasteiger partial charge in [-0.05, 0) is 42.3 Å². The Bertz CT molecular complexity index is 870. The summed E-state index contributed by atoms with van der Waals surface area (Å²) in [6.45, 7) is 2.29. The van der Waals surface area contributed by atoms with Crippen LogP contribution in [-0.2, 0) is 22.3 Å². The van der Waals surface area contributed by atoms with Gasteiger partial charge in [0.05, 0.1) is 11.8 Å². The van der Waals surface area contributed by atoms with Crippen molar-refractivity contribution in [3.63, 3.8) is 0 Å². The van der Waals surface area contributed by atoms with Gasteiger partial charge in [0, 0.05) is 11.6 Å². The second kappa shape index (κ2) is 9.73. The molecule has 0 aliphatic carbocycles. The Morgan fingerprint density at radius 3 is 2.41 bits per heavy atom. The third kappa shape index (κ3) is 6.86. The fourth-order valence-electron chi connectivity index (χ4n) is 2.63. The predicted molar refractivity (Wildman–Crippen MR) is 108 cm³/mol. The summed E-state index contributed by atoms with van der Waals surface area (Å²) < 4.78 is 25.6. The largest absolute Gasteiger partial charge is 0.334 e. The van der Waals surface area contributed by atoms with Crippen LogP contribution < -0.4 is 15.4 Å². The van der Waals surface area contributed by atoms with Crippen molar-refractivity contribution < 1.29 is 13.2 Å². The topological polar surface area (TPSA) is 87.3 Å². The molecule has 0 saturated heterocycles. The quantitative estimate of drug-likeness (QED) is 0.624. The number of nitrogens with one attached hydrogen (secondary N) is 3. The van der Waals surface area contributed by atoms with Crippen LogP contribution in [-0.4, -0.2) is 21.5 Å². The van der Waals surface area contributed by atoms with Crippen LogP contribution in [0.2, 0.25) is 5.02 Å². The number of rotatable bonds is 8. The lowest BCUT2D eigenvalue weighted by atomic mass is 10.1. The summed E-state index contributed by atoms with van der Waals surface area (Å²) in [5.74, 6) is -0.0992. The van der Waals surface area contributed by atoms with E-state index < -0.39 is 10.0 Å². The van der Waals surface area contributed by atoms with Crippen LogP contribution in [0.4, 0.5) is 4.79 Å². The fourth-order valence-corrected chi connectivity index (χ4v) is 3.52. The minimum absolute atomic E-state index is 0.0992. The van der Waals surface area contributed by atoms with Gasteiger partial charge in [-0.1, -0.05) is 54.9 Å².